The number of likely N-dealkylation sites (N-methyl/N-ethyl adjacent to an activating group) is 1. The Bertz CT molecular complexity index is 650. The van der Waals surface area contributed by atoms with Gasteiger partial charge in [0.25, 0.3) is 0 Å². The summed E-state index contributed by atoms with van der Waals surface area (Å²) in [6.07, 6.45) is 0. The van der Waals surface area contributed by atoms with Crippen molar-refractivity contribution in [2.24, 2.45) is 0 Å². The summed E-state index contributed by atoms with van der Waals surface area (Å²) in [5, 5.41) is 0. The van der Waals surface area contributed by atoms with E-state index in [0.717, 1.165) is 56.7 Å². The van der Waals surface area contributed by atoms with Gasteiger partial charge in [-0.1, -0.05) is 25.1 Å². The highest BCUT2D eigenvalue weighted by Gasteiger charge is 2.19. The molecule has 0 radical (unpaired) electrons. The van der Waals surface area contributed by atoms with Gasteiger partial charge in [-0.3, -0.25) is 0 Å². The second kappa shape index (κ2) is 7.62. The zero-order chi connectivity index (χ0) is 16.9. The molecule has 0 bridgehead atoms. The molecule has 24 heavy (non-hydrogen) atoms. The van der Waals surface area contributed by atoms with Crippen LogP contribution in [0.5, 0.6) is 0 Å². The van der Waals surface area contributed by atoms with E-state index < -0.39 is 0 Å². The molecule has 1 aromatic heterocycles. The largest absolute Gasteiger partial charge is 0.338 e. The van der Waals surface area contributed by atoms with Crippen molar-refractivity contribution < 1.29 is 0 Å². The minimum atomic E-state index is 0.857. The zero-order valence-corrected chi connectivity index (χ0v) is 14.9. The van der Waals surface area contributed by atoms with Crippen molar-refractivity contribution in [2.45, 2.75) is 20.8 Å². The van der Waals surface area contributed by atoms with E-state index in [1.807, 2.05) is 6.07 Å². The van der Waals surface area contributed by atoms with E-state index in [0.29, 0.717) is 0 Å². The Hall–Kier alpha value is -2.14. The second-order valence-electron chi connectivity index (χ2n) is 6.17. The van der Waals surface area contributed by atoms with E-state index in [-0.39, 0.29) is 0 Å². The molecule has 0 aliphatic carbocycles. The van der Waals surface area contributed by atoms with Crippen LogP contribution in [0.4, 0.5) is 17.5 Å². The normalized spacial score (nSPS) is 15.5. The lowest BCUT2D eigenvalue weighted by Gasteiger charge is -2.34. The molecule has 5 nitrogen and oxygen atoms in total. The summed E-state index contributed by atoms with van der Waals surface area (Å²) in [6.45, 7) is 12.6. The highest BCUT2D eigenvalue weighted by Crippen LogP contribution is 2.25. The molecule has 0 spiro atoms. The first-order valence-corrected chi connectivity index (χ1v) is 8.86. The minimum absolute atomic E-state index is 0.857. The predicted molar refractivity (Wildman–Crippen MR) is 100 cm³/mol. The van der Waals surface area contributed by atoms with Crippen LogP contribution in [-0.4, -0.2) is 54.1 Å². The van der Waals surface area contributed by atoms with Crippen LogP contribution < -0.4 is 9.80 Å². The second-order valence-corrected chi connectivity index (χ2v) is 6.17. The van der Waals surface area contributed by atoms with Crippen molar-refractivity contribution in [1.29, 1.82) is 0 Å². The van der Waals surface area contributed by atoms with Gasteiger partial charge in [0.05, 0.1) is 0 Å². The summed E-state index contributed by atoms with van der Waals surface area (Å²) in [6, 6.07) is 12.5. The first kappa shape index (κ1) is 16.7. The molecule has 1 fully saturated rings. The van der Waals surface area contributed by atoms with Gasteiger partial charge in [0.2, 0.25) is 5.95 Å². The third-order valence-electron chi connectivity index (χ3n) is 4.59. The Morgan fingerprint density at radius 2 is 1.71 bits per heavy atom. The Labute approximate surface area is 144 Å². The standard InChI is InChI=1S/C19H27N5/c1-4-22-11-13-23(14-12-22)19-20-16(3)15-18(21-19)24(5-2)17-9-7-6-8-10-17/h6-10,15H,4-5,11-14H2,1-3H3. The van der Waals surface area contributed by atoms with E-state index in [1.165, 1.54) is 5.69 Å². The van der Waals surface area contributed by atoms with E-state index >= 15 is 0 Å². The number of rotatable bonds is 5. The number of aryl methyl sites for hydroxylation is 1. The number of hydrogen-bond donors (Lipinski definition) is 0. The van der Waals surface area contributed by atoms with E-state index in [9.17, 15) is 0 Å². The van der Waals surface area contributed by atoms with Crippen molar-refractivity contribution in [3.05, 3.63) is 42.1 Å². The summed E-state index contributed by atoms with van der Waals surface area (Å²) < 4.78 is 0. The maximum Gasteiger partial charge on any atom is 0.227 e. The zero-order valence-electron chi connectivity index (χ0n) is 14.9. The van der Waals surface area contributed by atoms with Crippen molar-refractivity contribution in [2.75, 3.05) is 49.1 Å². The Balaban J connectivity index is 1.86. The number of benzene rings is 1. The number of anilines is 3. The fraction of sp³-hybridized carbons (Fsp3) is 0.474. The van der Waals surface area contributed by atoms with Crippen molar-refractivity contribution in [3.63, 3.8) is 0 Å². The maximum absolute atomic E-state index is 4.88. The quantitative estimate of drug-likeness (QED) is 0.844. The van der Waals surface area contributed by atoms with Gasteiger partial charge in [-0.15, -0.1) is 0 Å². The molecule has 1 aromatic carbocycles. The third kappa shape index (κ3) is 3.67. The highest BCUT2D eigenvalue weighted by atomic mass is 15.3. The number of aromatic nitrogens is 2. The fourth-order valence-electron chi connectivity index (χ4n) is 3.17. The van der Waals surface area contributed by atoms with Crippen LogP contribution in [0.3, 0.4) is 0 Å². The van der Waals surface area contributed by atoms with Crippen molar-refractivity contribution in [1.82, 2.24) is 14.9 Å². The summed E-state index contributed by atoms with van der Waals surface area (Å²) >= 11 is 0. The van der Waals surface area contributed by atoms with Crippen LogP contribution in [0, 0.1) is 6.92 Å². The lowest BCUT2D eigenvalue weighted by Crippen LogP contribution is -2.46. The smallest absolute Gasteiger partial charge is 0.227 e. The maximum atomic E-state index is 4.88. The molecule has 0 amide bonds. The van der Waals surface area contributed by atoms with E-state index in [1.54, 1.807) is 0 Å². The van der Waals surface area contributed by atoms with Gasteiger partial charge < -0.3 is 14.7 Å². The molecule has 0 N–H and O–H groups in total. The Morgan fingerprint density at radius 3 is 2.33 bits per heavy atom. The molecule has 1 aliphatic rings. The van der Waals surface area contributed by atoms with E-state index in [4.69, 9.17) is 4.98 Å². The number of nitrogens with zero attached hydrogens (tertiary/aromatic N) is 5. The van der Waals surface area contributed by atoms with Gasteiger partial charge in [0.1, 0.15) is 5.82 Å². The summed E-state index contributed by atoms with van der Waals surface area (Å²) in [7, 11) is 0. The van der Waals surface area contributed by atoms with Crippen LogP contribution >= 0.6 is 0 Å². The van der Waals surface area contributed by atoms with Crippen molar-refractivity contribution in [3.8, 4) is 0 Å². The van der Waals surface area contributed by atoms with Crippen molar-refractivity contribution >= 4 is 17.5 Å². The number of para-hydroxylation sites is 1. The lowest BCUT2D eigenvalue weighted by atomic mass is 10.2. The molecule has 0 unspecified atom stereocenters. The molecule has 0 saturated carbocycles. The molecule has 5 heteroatoms. The summed E-state index contributed by atoms with van der Waals surface area (Å²) in [5.74, 6) is 1.83. The average molecular weight is 325 g/mol. The number of hydrogen-bond acceptors (Lipinski definition) is 5. The highest BCUT2D eigenvalue weighted by molar-refractivity contribution is 5.61. The first-order valence-electron chi connectivity index (χ1n) is 8.86. The van der Waals surface area contributed by atoms with Gasteiger partial charge in [-0.05, 0) is 32.5 Å². The predicted octanol–water partition coefficient (Wildman–Crippen LogP) is 3.08. The molecule has 128 valence electrons. The molecule has 1 aliphatic heterocycles. The Morgan fingerprint density at radius 1 is 1.00 bits per heavy atom. The minimum Gasteiger partial charge on any atom is -0.338 e. The van der Waals surface area contributed by atoms with Crippen LogP contribution in [-0.2, 0) is 0 Å². The Kier molecular flexibility index (Phi) is 5.30. The molecule has 0 atom stereocenters. The topological polar surface area (TPSA) is 35.5 Å². The van der Waals surface area contributed by atoms with E-state index in [2.05, 4.69) is 70.8 Å². The summed E-state index contributed by atoms with van der Waals surface area (Å²) in [5.41, 5.74) is 2.18. The van der Waals surface area contributed by atoms with Crippen LogP contribution in [0.1, 0.15) is 19.5 Å². The van der Waals surface area contributed by atoms with Crippen LogP contribution in [0.2, 0.25) is 0 Å². The molecule has 2 heterocycles. The fourth-order valence-corrected chi connectivity index (χ4v) is 3.17. The van der Waals surface area contributed by atoms with Gasteiger partial charge in [0.15, 0.2) is 0 Å². The van der Waals surface area contributed by atoms with Gasteiger partial charge >= 0.3 is 0 Å². The van der Waals surface area contributed by atoms with Gasteiger partial charge in [-0.25, -0.2) is 4.98 Å². The van der Waals surface area contributed by atoms with Crippen LogP contribution in [0.25, 0.3) is 0 Å². The average Bonchev–Trinajstić information content (AvgIpc) is 2.63. The SMILES string of the molecule is CCN1CCN(c2nc(C)cc(N(CC)c3ccccc3)n2)CC1. The molecule has 2 aromatic rings. The third-order valence-corrected chi connectivity index (χ3v) is 4.59. The van der Waals surface area contributed by atoms with Crippen LogP contribution in [0.15, 0.2) is 36.4 Å². The molecular weight excluding hydrogens is 298 g/mol. The van der Waals surface area contributed by atoms with Gasteiger partial charge in [-0.2, -0.15) is 4.98 Å². The summed E-state index contributed by atoms with van der Waals surface area (Å²) in [4.78, 5) is 16.6. The van der Waals surface area contributed by atoms with Gasteiger partial charge in [0, 0.05) is 50.2 Å². The molecule has 3 rings (SSSR count). The first-order chi connectivity index (χ1) is 11.7. The number of piperazine rings is 1. The monoisotopic (exact) mass is 325 g/mol. The molecular formula is C19H27N5. The lowest BCUT2D eigenvalue weighted by molar-refractivity contribution is 0.270. The molecule has 1 saturated heterocycles.